The minimum atomic E-state index is 0.00375. The molecular formula is C17H29BN3O+. The van der Waals surface area contributed by atoms with Gasteiger partial charge in [-0.15, -0.1) is 0 Å². The third-order valence-corrected chi connectivity index (χ3v) is 6.44. The van der Waals surface area contributed by atoms with Crippen molar-refractivity contribution >= 4 is 13.0 Å². The van der Waals surface area contributed by atoms with Gasteiger partial charge in [0.05, 0.1) is 11.5 Å². The number of fused-ring (bicyclic) bond motifs is 3. The average Bonchev–Trinajstić information content (AvgIpc) is 3.06. The predicted octanol–water partition coefficient (Wildman–Crippen LogP) is 3.61. The number of hydrogen-bond donors (Lipinski definition) is 0. The lowest BCUT2D eigenvalue weighted by Gasteiger charge is -2.57. The van der Waals surface area contributed by atoms with E-state index in [1.54, 1.807) is 0 Å². The van der Waals surface area contributed by atoms with E-state index in [0.717, 1.165) is 18.9 Å². The molecule has 3 heterocycles. The number of anilines is 1. The molecule has 0 amide bonds. The second kappa shape index (κ2) is 4.56. The van der Waals surface area contributed by atoms with E-state index >= 15 is 0 Å². The van der Waals surface area contributed by atoms with Crippen molar-refractivity contribution in [1.82, 2.24) is 4.81 Å². The molecule has 3 rings (SSSR count). The van der Waals surface area contributed by atoms with Crippen molar-refractivity contribution in [3.63, 3.8) is 0 Å². The maximum absolute atomic E-state index is 5.88. The third kappa shape index (κ3) is 1.52. The molecule has 1 aromatic heterocycles. The number of aromatic nitrogens is 1. The Bertz CT molecular complexity index is 605. The normalized spacial score (nSPS) is 30.8. The summed E-state index contributed by atoms with van der Waals surface area (Å²) in [6, 6.07) is 0.947. The second-order valence-electron chi connectivity index (χ2n) is 8.00. The van der Waals surface area contributed by atoms with Gasteiger partial charge in [-0.25, -0.2) is 4.81 Å². The monoisotopic (exact) mass is 302 g/mol. The van der Waals surface area contributed by atoms with E-state index in [2.05, 4.69) is 81.4 Å². The molecule has 0 saturated carbocycles. The van der Waals surface area contributed by atoms with Gasteiger partial charge in [0.2, 0.25) is 0 Å². The largest absolute Gasteiger partial charge is 0.515 e. The van der Waals surface area contributed by atoms with Crippen LogP contribution in [-0.2, 0) is 5.54 Å². The number of rotatable bonds is 2. The van der Waals surface area contributed by atoms with E-state index in [9.17, 15) is 0 Å². The molecule has 2 aliphatic rings. The second-order valence-corrected chi connectivity index (χ2v) is 8.00. The van der Waals surface area contributed by atoms with Gasteiger partial charge in [0.15, 0.2) is 0 Å². The van der Waals surface area contributed by atoms with Crippen molar-refractivity contribution in [2.24, 2.45) is 5.41 Å². The molecule has 0 bridgehead atoms. The molecule has 0 radical (unpaired) electrons. The average molecular weight is 302 g/mol. The van der Waals surface area contributed by atoms with E-state index in [-0.39, 0.29) is 23.3 Å². The lowest BCUT2D eigenvalue weighted by molar-refractivity contribution is -0.763. The van der Waals surface area contributed by atoms with Gasteiger partial charge in [-0.1, -0.05) is 34.6 Å². The standard InChI is InChI=1S/C17H29BN3O/c1-8-16(6)17(9-2,15(3,4)5)18-19(7)10-11-21(18)14-20(16)12-13-22-14/h10-13H,8-9H2,1-7H3/q+1. The molecule has 2 aliphatic heterocycles. The summed E-state index contributed by atoms with van der Waals surface area (Å²) in [5.41, 5.74) is 0.154. The fourth-order valence-corrected chi connectivity index (χ4v) is 5.39. The van der Waals surface area contributed by atoms with Crippen molar-refractivity contribution in [2.75, 3.05) is 11.9 Å². The van der Waals surface area contributed by atoms with Crippen LogP contribution < -0.4 is 9.38 Å². The molecule has 0 spiro atoms. The summed E-state index contributed by atoms with van der Waals surface area (Å²) in [5.74, 6) is 0. The Morgan fingerprint density at radius 3 is 2.45 bits per heavy atom. The first kappa shape index (κ1) is 15.5. The van der Waals surface area contributed by atoms with Crippen LogP contribution >= 0.6 is 0 Å². The van der Waals surface area contributed by atoms with Crippen LogP contribution in [0.25, 0.3) is 0 Å². The number of hydrogen-bond acceptors (Lipinski definition) is 3. The summed E-state index contributed by atoms with van der Waals surface area (Å²) >= 11 is 0. The molecule has 2 atom stereocenters. The molecule has 2 unspecified atom stereocenters. The highest BCUT2D eigenvalue weighted by Crippen LogP contribution is 2.64. The first-order chi connectivity index (χ1) is 10.2. The minimum absolute atomic E-state index is 0.00375. The molecule has 5 heteroatoms. The maximum Gasteiger partial charge on any atom is 0.515 e. The highest BCUT2D eigenvalue weighted by atomic mass is 16.4. The molecule has 22 heavy (non-hydrogen) atoms. The first-order valence-corrected chi connectivity index (χ1v) is 8.43. The lowest BCUT2D eigenvalue weighted by Crippen LogP contribution is -2.76. The summed E-state index contributed by atoms with van der Waals surface area (Å²) in [6.07, 6.45) is 10.5. The number of nitrogens with zero attached hydrogens (tertiary/aromatic N) is 3. The Balaban J connectivity index is 2.35. The Morgan fingerprint density at radius 2 is 1.91 bits per heavy atom. The highest BCUT2D eigenvalue weighted by molar-refractivity contribution is 6.66. The smallest absolute Gasteiger partial charge is 0.397 e. The van der Waals surface area contributed by atoms with E-state index in [0.29, 0.717) is 0 Å². The predicted molar refractivity (Wildman–Crippen MR) is 90.4 cm³/mol. The zero-order chi connectivity index (χ0) is 16.3. The van der Waals surface area contributed by atoms with Gasteiger partial charge in [-0.05, 0) is 32.2 Å². The van der Waals surface area contributed by atoms with Crippen molar-refractivity contribution < 1.29 is 8.98 Å². The van der Waals surface area contributed by atoms with E-state index in [4.69, 9.17) is 4.42 Å². The van der Waals surface area contributed by atoms with Gasteiger partial charge in [-0.2, -0.15) is 4.57 Å². The number of oxazole rings is 1. The van der Waals surface area contributed by atoms with Crippen LogP contribution in [-0.4, -0.2) is 18.8 Å². The Kier molecular flexibility index (Phi) is 3.21. The first-order valence-electron chi connectivity index (χ1n) is 8.43. The summed E-state index contributed by atoms with van der Waals surface area (Å²) in [6.45, 7) is 14.5. The van der Waals surface area contributed by atoms with Gasteiger partial charge >= 0.3 is 13.0 Å². The zero-order valence-electron chi connectivity index (χ0n) is 15.1. The summed E-state index contributed by atoms with van der Waals surface area (Å²) in [7, 11) is 2.19. The third-order valence-electron chi connectivity index (χ3n) is 6.44. The van der Waals surface area contributed by atoms with Crippen molar-refractivity contribution in [1.29, 1.82) is 0 Å². The molecule has 0 aliphatic carbocycles. The molecule has 1 aromatic rings. The Labute approximate surface area is 134 Å². The Morgan fingerprint density at radius 1 is 1.23 bits per heavy atom. The fourth-order valence-electron chi connectivity index (χ4n) is 5.39. The van der Waals surface area contributed by atoms with Crippen molar-refractivity contribution in [2.45, 2.75) is 65.2 Å². The van der Waals surface area contributed by atoms with Crippen LogP contribution in [0.3, 0.4) is 0 Å². The van der Waals surface area contributed by atoms with Crippen LogP contribution in [0.2, 0.25) is 5.31 Å². The Hall–Kier alpha value is -1.39. The lowest BCUT2D eigenvalue weighted by atomic mass is 9.32. The van der Waals surface area contributed by atoms with Gasteiger partial charge in [0.25, 0.3) is 0 Å². The zero-order valence-corrected chi connectivity index (χ0v) is 15.1. The van der Waals surface area contributed by atoms with Gasteiger partial charge < -0.3 is 9.23 Å². The molecule has 0 saturated heterocycles. The van der Waals surface area contributed by atoms with E-state index in [1.807, 2.05) is 6.26 Å². The molecule has 120 valence electrons. The van der Waals surface area contributed by atoms with Crippen LogP contribution in [0.4, 0.5) is 6.01 Å². The molecular weight excluding hydrogens is 273 g/mol. The van der Waals surface area contributed by atoms with Crippen molar-refractivity contribution in [3.8, 4) is 0 Å². The van der Waals surface area contributed by atoms with Crippen molar-refractivity contribution in [3.05, 3.63) is 24.9 Å². The minimum Gasteiger partial charge on any atom is -0.397 e. The summed E-state index contributed by atoms with van der Waals surface area (Å²) in [4.78, 5) is 4.67. The van der Waals surface area contributed by atoms with Gasteiger partial charge in [0, 0.05) is 6.20 Å². The molecule has 0 fully saturated rings. The quantitative estimate of drug-likeness (QED) is 0.616. The summed E-state index contributed by atoms with van der Waals surface area (Å²) < 4.78 is 8.24. The van der Waals surface area contributed by atoms with Gasteiger partial charge in [-0.3, -0.25) is 0 Å². The van der Waals surface area contributed by atoms with Crippen LogP contribution in [0, 0.1) is 5.41 Å². The van der Waals surface area contributed by atoms with E-state index < -0.39 is 0 Å². The molecule has 4 nitrogen and oxygen atoms in total. The highest BCUT2D eigenvalue weighted by Gasteiger charge is 2.74. The van der Waals surface area contributed by atoms with Crippen LogP contribution in [0.15, 0.2) is 29.3 Å². The van der Waals surface area contributed by atoms with E-state index in [1.165, 1.54) is 0 Å². The van der Waals surface area contributed by atoms with Crippen LogP contribution in [0.1, 0.15) is 54.4 Å². The summed E-state index contributed by atoms with van der Waals surface area (Å²) in [5, 5.41) is 0.0918. The topological polar surface area (TPSA) is 23.5 Å². The maximum atomic E-state index is 5.88. The SMILES string of the molecule is CCC1(C)[n+]2ccoc2N2C=CN(C)B2C1(CC)C(C)(C)C. The fraction of sp³-hybridized carbons (Fsp3) is 0.706. The molecule has 0 aromatic carbocycles. The van der Waals surface area contributed by atoms with Crippen LogP contribution in [0.5, 0.6) is 0 Å². The molecule has 0 N–H and O–H groups in total. The van der Waals surface area contributed by atoms with Gasteiger partial charge in [0.1, 0.15) is 18.0 Å².